The molecule has 0 bridgehead atoms. The molecular formula is C12H12Cl2N2S. The Bertz CT molecular complexity index is 499. The second-order valence-electron chi connectivity index (χ2n) is 3.86. The molecule has 2 rings (SSSR count). The Balaban J connectivity index is 1.95. The van der Waals surface area contributed by atoms with Crippen molar-refractivity contribution in [1.29, 1.82) is 0 Å². The standard InChI is InChI=1S/C12H12Cl2N2S/c1-16(8-10-2-3-12(14)17-10)7-9-4-5-15-11(13)6-9/h2-6H,7-8H2,1H3. The molecule has 2 aromatic heterocycles. The van der Waals surface area contributed by atoms with Crippen molar-refractivity contribution in [2.45, 2.75) is 13.1 Å². The van der Waals surface area contributed by atoms with Gasteiger partial charge in [0.05, 0.1) is 4.34 Å². The number of halogens is 2. The lowest BCUT2D eigenvalue weighted by molar-refractivity contribution is 0.322. The minimum atomic E-state index is 0.537. The third-order valence-corrected chi connectivity index (χ3v) is 3.72. The van der Waals surface area contributed by atoms with E-state index in [9.17, 15) is 0 Å². The van der Waals surface area contributed by atoms with Gasteiger partial charge in [0.1, 0.15) is 5.15 Å². The first-order valence-electron chi connectivity index (χ1n) is 5.16. The molecule has 0 atom stereocenters. The van der Waals surface area contributed by atoms with Crippen LogP contribution in [-0.4, -0.2) is 16.9 Å². The molecule has 0 radical (unpaired) electrons. The summed E-state index contributed by atoms with van der Waals surface area (Å²) >= 11 is 13.4. The predicted octanol–water partition coefficient (Wildman–Crippen LogP) is 4.08. The smallest absolute Gasteiger partial charge is 0.129 e. The van der Waals surface area contributed by atoms with Crippen LogP contribution in [0.1, 0.15) is 10.4 Å². The van der Waals surface area contributed by atoms with E-state index in [4.69, 9.17) is 23.2 Å². The van der Waals surface area contributed by atoms with Crippen LogP contribution in [0.4, 0.5) is 0 Å². The zero-order valence-corrected chi connectivity index (χ0v) is 11.7. The van der Waals surface area contributed by atoms with Gasteiger partial charge in [-0.2, -0.15) is 0 Å². The SMILES string of the molecule is CN(Cc1ccnc(Cl)c1)Cc1ccc(Cl)s1. The van der Waals surface area contributed by atoms with Gasteiger partial charge in [-0.3, -0.25) is 4.90 Å². The van der Waals surface area contributed by atoms with E-state index >= 15 is 0 Å². The second kappa shape index (κ2) is 5.83. The molecule has 0 aliphatic rings. The molecule has 0 saturated carbocycles. The van der Waals surface area contributed by atoms with Crippen molar-refractivity contribution in [3.63, 3.8) is 0 Å². The molecular weight excluding hydrogens is 275 g/mol. The quantitative estimate of drug-likeness (QED) is 0.788. The zero-order valence-electron chi connectivity index (χ0n) is 9.36. The number of thiophene rings is 1. The Morgan fingerprint density at radius 3 is 2.71 bits per heavy atom. The maximum Gasteiger partial charge on any atom is 0.129 e. The molecule has 2 nitrogen and oxygen atoms in total. The Labute approximate surface area is 115 Å². The minimum absolute atomic E-state index is 0.537. The van der Waals surface area contributed by atoms with E-state index in [1.54, 1.807) is 17.5 Å². The molecule has 17 heavy (non-hydrogen) atoms. The number of rotatable bonds is 4. The lowest BCUT2D eigenvalue weighted by atomic mass is 10.2. The molecule has 0 fully saturated rings. The van der Waals surface area contributed by atoms with Gasteiger partial charge in [0.15, 0.2) is 0 Å². The lowest BCUT2D eigenvalue weighted by Crippen LogP contribution is -2.16. The number of nitrogens with zero attached hydrogens (tertiary/aromatic N) is 2. The number of hydrogen-bond donors (Lipinski definition) is 0. The van der Waals surface area contributed by atoms with Crippen molar-refractivity contribution in [2.75, 3.05) is 7.05 Å². The van der Waals surface area contributed by atoms with Crippen LogP contribution in [0, 0.1) is 0 Å². The van der Waals surface area contributed by atoms with E-state index < -0.39 is 0 Å². The van der Waals surface area contributed by atoms with Crippen molar-refractivity contribution in [2.24, 2.45) is 0 Å². The largest absolute Gasteiger partial charge is 0.297 e. The van der Waals surface area contributed by atoms with Crippen molar-refractivity contribution in [3.05, 3.63) is 50.4 Å². The van der Waals surface area contributed by atoms with Gasteiger partial charge in [0, 0.05) is 24.2 Å². The van der Waals surface area contributed by atoms with Crippen LogP contribution >= 0.6 is 34.5 Å². The molecule has 2 aromatic rings. The highest BCUT2D eigenvalue weighted by atomic mass is 35.5. The first-order chi connectivity index (χ1) is 8.13. The molecule has 0 amide bonds. The lowest BCUT2D eigenvalue weighted by Gasteiger charge is -2.15. The van der Waals surface area contributed by atoms with E-state index in [-0.39, 0.29) is 0 Å². The second-order valence-corrected chi connectivity index (χ2v) is 6.05. The summed E-state index contributed by atoms with van der Waals surface area (Å²) in [6, 6.07) is 7.85. The molecule has 0 N–H and O–H groups in total. The average Bonchev–Trinajstić information content (AvgIpc) is 2.63. The van der Waals surface area contributed by atoms with Gasteiger partial charge >= 0.3 is 0 Å². The van der Waals surface area contributed by atoms with Gasteiger partial charge in [-0.15, -0.1) is 11.3 Å². The number of hydrogen-bond acceptors (Lipinski definition) is 3. The van der Waals surface area contributed by atoms with E-state index in [2.05, 4.69) is 23.0 Å². The number of pyridine rings is 1. The average molecular weight is 287 g/mol. The molecule has 0 aliphatic heterocycles. The van der Waals surface area contributed by atoms with Gasteiger partial charge in [-0.05, 0) is 36.9 Å². The predicted molar refractivity (Wildman–Crippen MR) is 73.7 cm³/mol. The van der Waals surface area contributed by atoms with Crippen LogP contribution in [-0.2, 0) is 13.1 Å². The molecule has 0 saturated heterocycles. The summed E-state index contributed by atoms with van der Waals surface area (Å²) in [7, 11) is 2.07. The Kier molecular flexibility index (Phi) is 4.40. The highest BCUT2D eigenvalue weighted by molar-refractivity contribution is 7.16. The van der Waals surface area contributed by atoms with E-state index in [1.807, 2.05) is 18.2 Å². The van der Waals surface area contributed by atoms with Gasteiger partial charge in [-0.1, -0.05) is 23.2 Å². The van der Waals surface area contributed by atoms with Crippen LogP contribution in [0.5, 0.6) is 0 Å². The summed E-state index contributed by atoms with van der Waals surface area (Å²) in [5, 5.41) is 0.537. The van der Waals surface area contributed by atoms with Crippen molar-refractivity contribution in [1.82, 2.24) is 9.88 Å². The van der Waals surface area contributed by atoms with Crippen LogP contribution in [0.3, 0.4) is 0 Å². The minimum Gasteiger partial charge on any atom is -0.297 e. The van der Waals surface area contributed by atoms with E-state index in [0.717, 1.165) is 23.0 Å². The van der Waals surface area contributed by atoms with E-state index in [0.29, 0.717) is 5.15 Å². The van der Waals surface area contributed by atoms with Crippen molar-refractivity contribution < 1.29 is 0 Å². The summed E-state index contributed by atoms with van der Waals surface area (Å²) in [5.74, 6) is 0. The molecule has 0 aromatic carbocycles. The fourth-order valence-electron chi connectivity index (χ4n) is 1.61. The van der Waals surface area contributed by atoms with Crippen LogP contribution in [0.15, 0.2) is 30.5 Å². The topological polar surface area (TPSA) is 16.1 Å². The zero-order chi connectivity index (χ0) is 12.3. The van der Waals surface area contributed by atoms with Crippen LogP contribution in [0.2, 0.25) is 9.49 Å². The summed E-state index contributed by atoms with van der Waals surface area (Å²) < 4.78 is 0.834. The van der Waals surface area contributed by atoms with Gasteiger partial charge < -0.3 is 0 Å². The third-order valence-electron chi connectivity index (χ3n) is 2.30. The monoisotopic (exact) mass is 286 g/mol. The fourth-order valence-corrected chi connectivity index (χ4v) is 2.98. The number of aromatic nitrogens is 1. The summed E-state index contributed by atoms with van der Waals surface area (Å²) in [4.78, 5) is 7.44. The van der Waals surface area contributed by atoms with E-state index in [1.165, 1.54) is 4.88 Å². The molecule has 0 spiro atoms. The molecule has 5 heteroatoms. The van der Waals surface area contributed by atoms with Gasteiger partial charge in [0.2, 0.25) is 0 Å². The molecule has 90 valence electrons. The Morgan fingerprint density at radius 1 is 1.24 bits per heavy atom. The maximum absolute atomic E-state index is 5.90. The summed E-state index contributed by atoms with van der Waals surface area (Å²) in [5.41, 5.74) is 1.16. The highest BCUT2D eigenvalue weighted by Gasteiger charge is 2.04. The fraction of sp³-hybridized carbons (Fsp3) is 0.250. The van der Waals surface area contributed by atoms with Crippen LogP contribution in [0.25, 0.3) is 0 Å². The molecule has 0 unspecified atom stereocenters. The third kappa shape index (κ3) is 3.96. The van der Waals surface area contributed by atoms with Crippen LogP contribution < -0.4 is 0 Å². The first kappa shape index (κ1) is 12.8. The van der Waals surface area contributed by atoms with Gasteiger partial charge in [-0.25, -0.2) is 4.98 Å². The summed E-state index contributed by atoms with van der Waals surface area (Å²) in [6.45, 7) is 1.73. The Morgan fingerprint density at radius 2 is 2.06 bits per heavy atom. The molecule has 0 aliphatic carbocycles. The van der Waals surface area contributed by atoms with Crippen molar-refractivity contribution in [3.8, 4) is 0 Å². The summed E-state index contributed by atoms with van der Waals surface area (Å²) in [6.07, 6.45) is 1.73. The van der Waals surface area contributed by atoms with Crippen molar-refractivity contribution >= 4 is 34.5 Å². The normalized spacial score (nSPS) is 11.1. The first-order valence-corrected chi connectivity index (χ1v) is 6.74. The molecule has 2 heterocycles. The van der Waals surface area contributed by atoms with Gasteiger partial charge in [0.25, 0.3) is 0 Å². The Hall–Kier alpha value is -0.610. The maximum atomic E-state index is 5.90. The highest BCUT2D eigenvalue weighted by Crippen LogP contribution is 2.22.